The number of ether oxygens (including phenoxy) is 1. The second-order valence-electron chi connectivity index (χ2n) is 6.63. The minimum Gasteiger partial charge on any atom is -0.372 e. The van der Waals surface area contributed by atoms with E-state index in [1.165, 1.54) is 0 Å². The van der Waals surface area contributed by atoms with Crippen LogP contribution in [0.15, 0.2) is 42.5 Å². The summed E-state index contributed by atoms with van der Waals surface area (Å²) in [7, 11) is 0. The van der Waals surface area contributed by atoms with Gasteiger partial charge in [-0.1, -0.05) is 18.2 Å². The predicted octanol–water partition coefficient (Wildman–Crippen LogP) is 2.89. The van der Waals surface area contributed by atoms with Gasteiger partial charge in [0.25, 0.3) is 11.8 Å². The highest BCUT2D eigenvalue weighted by atomic mass is 16.5. The number of anilines is 1. The zero-order chi connectivity index (χ0) is 18.7. The van der Waals surface area contributed by atoms with Crippen LogP contribution in [0, 0.1) is 6.92 Å². The van der Waals surface area contributed by atoms with E-state index in [-0.39, 0.29) is 24.0 Å². The first-order valence-corrected chi connectivity index (χ1v) is 8.73. The first kappa shape index (κ1) is 18.1. The van der Waals surface area contributed by atoms with Crippen LogP contribution in [0.4, 0.5) is 5.69 Å². The zero-order valence-corrected chi connectivity index (χ0v) is 15.2. The minimum absolute atomic E-state index is 0.0130. The molecule has 1 aromatic heterocycles. The van der Waals surface area contributed by atoms with Gasteiger partial charge in [-0.05, 0) is 45.0 Å². The number of aryl methyl sites for hydroxylation is 1. The van der Waals surface area contributed by atoms with Crippen molar-refractivity contribution in [3.63, 3.8) is 0 Å². The molecule has 2 atom stereocenters. The van der Waals surface area contributed by atoms with Crippen LogP contribution in [0.1, 0.15) is 40.4 Å². The molecule has 6 nitrogen and oxygen atoms in total. The number of rotatable bonds is 3. The average Bonchev–Trinajstić information content (AvgIpc) is 2.61. The lowest BCUT2D eigenvalue weighted by molar-refractivity contribution is -0.0585. The van der Waals surface area contributed by atoms with Gasteiger partial charge in [-0.3, -0.25) is 9.59 Å². The first-order chi connectivity index (χ1) is 12.4. The molecule has 1 aliphatic rings. The maximum absolute atomic E-state index is 13.0. The molecule has 136 valence electrons. The Labute approximate surface area is 153 Å². The van der Waals surface area contributed by atoms with Crippen molar-refractivity contribution < 1.29 is 14.3 Å². The summed E-state index contributed by atoms with van der Waals surface area (Å²) in [6.07, 6.45) is -0.0260. The number of nitrogens with zero attached hydrogens (tertiary/aromatic N) is 2. The van der Waals surface area contributed by atoms with Gasteiger partial charge in [0.2, 0.25) is 0 Å². The van der Waals surface area contributed by atoms with Crippen LogP contribution < -0.4 is 5.32 Å². The molecule has 0 bridgehead atoms. The summed E-state index contributed by atoms with van der Waals surface area (Å²) < 4.78 is 5.69. The Morgan fingerprint density at radius 2 is 1.77 bits per heavy atom. The van der Waals surface area contributed by atoms with Gasteiger partial charge < -0.3 is 15.0 Å². The molecule has 1 aliphatic heterocycles. The molecule has 2 unspecified atom stereocenters. The number of carbonyl (C=O) groups is 2. The Morgan fingerprint density at radius 1 is 1.08 bits per heavy atom. The maximum atomic E-state index is 13.0. The van der Waals surface area contributed by atoms with Crippen molar-refractivity contribution in [3.8, 4) is 0 Å². The lowest BCUT2D eigenvalue weighted by Crippen LogP contribution is -2.48. The van der Waals surface area contributed by atoms with Gasteiger partial charge in [-0.25, -0.2) is 4.98 Å². The summed E-state index contributed by atoms with van der Waals surface area (Å²) >= 11 is 0. The average molecular weight is 353 g/mol. The second kappa shape index (κ2) is 7.66. The van der Waals surface area contributed by atoms with E-state index in [1.54, 1.807) is 41.3 Å². The smallest absolute Gasteiger partial charge is 0.274 e. The third-order valence-corrected chi connectivity index (χ3v) is 4.23. The van der Waals surface area contributed by atoms with Crippen molar-refractivity contribution in [1.29, 1.82) is 0 Å². The summed E-state index contributed by atoms with van der Waals surface area (Å²) in [5, 5.41) is 2.82. The Kier molecular flexibility index (Phi) is 5.32. The molecule has 0 saturated carbocycles. The standard InChI is InChI=1S/C20H23N3O3/c1-13-7-6-10-18(21-13)19(24)22-17-9-5-4-8-16(17)20(25)23-11-14(2)26-15(3)12-23/h4-10,14-15H,11-12H2,1-3H3,(H,22,24). The normalized spacial score (nSPS) is 19.9. The number of aromatic nitrogens is 1. The highest BCUT2D eigenvalue weighted by Gasteiger charge is 2.28. The van der Waals surface area contributed by atoms with Crippen molar-refractivity contribution in [1.82, 2.24) is 9.88 Å². The number of nitrogens with one attached hydrogen (secondary N) is 1. The molecule has 0 radical (unpaired) electrons. The number of pyridine rings is 1. The van der Waals surface area contributed by atoms with Crippen molar-refractivity contribution >= 4 is 17.5 Å². The summed E-state index contributed by atoms with van der Waals surface area (Å²) in [6, 6.07) is 12.3. The highest BCUT2D eigenvalue weighted by Crippen LogP contribution is 2.21. The molecule has 2 aromatic rings. The van der Waals surface area contributed by atoms with Crippen LogP contribution in [0.25, 0.3) is 0 Å². The highest BCUT2D eigenvalue weighted by molar-refractivity contribution is 6.08. The summed E-state index contributed by atoms with van der Waals surface area (Å²) in [5.74, 6) is -0.447. The molecule has 1 fully saturated rings. The second-order valence-corrected chi connectivity index (χ2v) is 6.63. The van der Waals surface area contributed by atoms with Gasteiger partial charge in [-0.15, -0.1) is 0 Å². The lowest BCUT2D eigenvalue weighted by atomic mass is 10.1. The zero-order valence-electron chi connectivity index (χ0n) is 15.2. The van der Waals surface area contributed by atoms with E-state index >= 15 is 0 Å². The van der Waals surface area contributed by atoms with E-state index in [0.717, 1.165) is 5.69 Å². The van der Waals surface area contributed by atoms with Crippen LogP contribution in [0.2, 0.25) is 0 Å². The summed E-state index contributed by atoms with van der Waals surface area (Å²) in [6.45, 7) is 6.80. The Hall–Kier alpha value is -2.73. The molecule has 2 amide bonds. The van der Waals surface area contributed by atoms with Gasteiger partial charge in [0.15, 0.2) is 0 Å². The number of amides is 2. The number of hydrogen-bond donors (Lipinski definition) is 1. The molecular formula is C20H23N3O3. The van der Waals surface area contributed by atoms with Crippen LogP contribution in [-0.4, -0.2) is 47.0 Å². The molecule has 1 aromatic carbocycles. The molecule has 3 rings (SSSR count). The molecule has 1 saturated heterocycles. The van der Waals surface area contributed by atoms with Gasteiger partial charge in [-0.2, -0.15) is 0 Å². The molecule has 6 heteroatoms. The third-order valence-electron chi connectivity index (χ3n) is 4.23. The van der Waals surface area contributed by atoms with Crippen molar-refractivity contribution in [2.75, 3.05) is 18.4 Å². The quantitative estimate of drug-likeness (QED) is 0.921. The van der Waals surface area contributed by atoms with Crippen LogP contribution in [-0.2, 0) is 4.74 Å². The van der Waals surface area contributed by atoms with Crippen molar-refractivity contribution in [2.24, 2.45) is 0 Å². The van der Waals surface area contributed by atoms with E-state index in [1.807, 2.05) is 26.8 Å². The fourth-order valence-corrected chi connectivity index (χ4v) is 3.15. The topological polar surface area (TPSA) is 71.5 Å². The Morgan fingerprint density at radius 3 is 2.46 bits per heavy atom. The van der Waals surface area contributed by atoms with E-state index < -0.39 is 0 Å². The van der Waals surface area contributed by atoms with Crippen molar-refractivity contribution in [3.05, 3.63) is 59.4 Å². The fourth-order valence-electron chi connectivity index (χ4n) is 3.15. The summed E-state index contributed by atoms with van der Waals surface area (Å²) in [5.41, 5.74) is 2.03. The number of para-hydroxylation sites is 1. The first-order valence-electron chi connectivity index (χ1n) is 8.73. The van der Waals surface area contributed by atoms with Crippen molar-refractivity contribution in [2.45, 2.75) is 33.0 Å². The fraction of sp³-hybridized carbons (Fsp3) is 0.350. The monoisotopic (exact) mass is 353 g/mol. The van der Waals surface area contributed by atoms with E-state index in [2.05, 4.69) is 10.3 Å². The molecule has 1 N–H and O–H groups in total. The lowest BCUT2D eigenvalue weighted by Gasteiger charge is -2.35. The Balaban J connectivity index is 1.82. The van der Waals surface area contributed by atoms with Gasteiger partial charge in [0.1, 0.15) is 5.69 Å². The predicted molar refractivity (Wildman–Crippen MR) is 99.3 cm³/mol. The van der Waals surface area contributed by atoms with Crippen LogP contribution in [0.5, 0.6) is 0 Å². The van der Waals surface area contributed by atoms with Crippen LogP contribution in [0.3, 0.4) is 0 Å². The summed E-state index contributed by atoms with van der Waals surface area (Å²) in [4.78, 5) is 31.5. The number of hydrogen-bond acceptors (Lipinski definition) is 4. The third kappa shape index (κ3) is 4.08. The molecule has 0 aliphatic carbocycles. The minimum atomic E-state index is -0.335. The molecule has 2 heterocycles. The SMILES string of the molecule is Cc1cccc(C(=O)Nc2ccccc2C(=O)N2CC(C)OC(C)C2)n1. The number of morpholine rings is 1. The van der Waals surface area contributed by atoms with E-state index in [4.69, 9.17) is 4.74 Å². The van der Waals surface area contributed by atoms with Gasteiger partial charge in [0.05, 0.1) is 23.5 Å². The molecule has 0 spiro atoms. The van der Waals surface area contributed by atoms with Gasteiger partial charge in [0, 0.05) is 18.8 Å². The van der Waals surface area contributed by atoms with E-state index in [0.29, 0.717) is 30.0 Å². The maximum Gasteiger partial charge on any atom is 0.274 e. The molecular weight excluding hydrogens is 330 g/mol. The number of benzene rings is 1. The molecule has 26 heavy (non-hydrogen) atoms. The van der Waals surface area contributed by atoms with E-state index in [9.17, 15) is 9.59 Å². The largest absolute Gasteiger partial charge is 0.372 e. The van der Waals surface area contributed by atoms with Crippen LogP contribution >= 0.6 is 0 Å². The number of carbonyl (C=O) groups excluding carboxylic acids is 2. The van der Waals surface area contributed by atoms with Gasteiger partial charge >= 0.3 is 0 Å². The Bertz CT molecular complexity index is 811.